The summed E-state index contributed by atoms with van der Waals surface area (Å²) in [7, 11) is 1.80. The van der Waals surface area contributed by atoms with Crippen LogP contribution in [0.1, 0.15) is 69.6 Å². The fourth-order valence-electron chi connectivity index (χ4n) is 8.29. The molecule has 446 valence electrons. The number of carbonyl (C=O) groups is 11. The average molecular weight is 1180 g/mol. The lowest BCUT2D eigenvalue weighted by Crippen LogP contribution is -2.61. The Hall–Kier alpha value is -7.95. The SMILES string of the molecule is CC(=O)N[C@@H](Cc1ccccc1)C(=O)N[C@H]1CSSC[C@@H](C(=O)N[C@@H](CCCCN)C(=O)N[C@@H](Cc2ccc(O)cc2)C(=O)N[C@@H](CC(C)C)C(N)=O)NC(=O)[C@H](Cc2ccc(O)cc2)NC(=O)[C@H](CC(=O)O)NC(=O)[C@H](CO)NC1=O. The first-order valence-corrected chi connectivity index (χ1v) is 28.8. The molecule has 0 radical (unpaired) electrons. The van der Waals surface area contributed by atoms with E-state index < -0.39 is 132 Å². The number of hydrogen-bond acceptors (Lipinski definition) is 17. The molecule has 1 saturated heterocycles. The molecule has 17 N–H and O–H groups in total. The predicted molar refractivity (Wildman–Crippen MR) is 303 cm³/mol. The van der Waals surface area contributed by atoms with Gasteiger partial charge in [0.2, 0.25) is 59.1 Å². The number of phenols is 2. The lowest BCUT2D eigenvalue weighted by atomic mass is 10.0. The zero-order valence-corrected chi connectivity index (χ0v) is 47.1. The van der Waals surface area contributed by atoms with Crippen molar-refractivity contribution in [3.63, 3.8) is 0 Å². The summed E-state index contributed by atoms with van der Waals surface area (Å²) in [5.74, 6) is -12.0. The molecule has 0 unspecified atom stereocenters. The molecule has 0 bridgehead atoms. The first-order chi connectivity index (χ1) is 39.0. The Balaban J connectivity index is 1.77. The van der Waals surface area contributed by atoms with Crippen LogP contribution >= 0.6 is 21.6 Å². The summed E-state index contributed by atoms with van der Waals surface area (Å²) in [5.41, 5.74) is 12.9. The first-order valence-electron chi connectivity index (χ1n) is 26.3. The Bertz CT molecular complexity index is 2690. The maximum absolute atomic E-state index is 14.7. The molecule has 26 nitrogen and oxygen atoms in total. The van der Waals surface area contributed by atoms with Gasteiger partial charge in [0, 0.05) is 37.7 Å². The number of carboxylic acids is 1. The molecule has 3 aromatic rings. The second kappa shape index (κ2) is 33.7. The highest BCUT2D eigenvalue weighted by atomic mass is 33.1. The van der Waals surface area contributed by atoms with Crippen LogP contribution in [-0.4, -0.2) is 165 Å². The number of aliphatic hydroxyl groups is 1. The van der Waals surface area contributed by atoms with E-state index >= 15 is 0 Å². The van der Waals surface area contributed by atoms with Crippen molar-refractivity contribution in [3.8, 4) is 11.5 Å². The molecule has 9 atom stereocenters. The van der Waals surface area contributed by atoms with Crippen LogP contribution in [0.4, 0.5) is 0 Å². The van der Waals surface area contributed by atoms with Gasteiger partial charge < -0.3 is 79.7 Å². The summed E-state index contributed by atoms with van der Waals surface area (Å²) in [6, 6.07) is 6.02. The van der Waals surface area contributed by atoms with Gasteiger partial charge in [-0.25, -0.2) is 0 Å². The van der Waals surface area contributed by atoms with Crippen LogP contribution in [-0.2, 0) is 72.0 Å². The zero-order valence-electron chi connectivity index (χ0n) is 45.5. The van der Waals surface area contributed by atoms with Gasteiger partial charge in [-0.1, -0.05) is 90.0 Å². The number of hydrogen-bond donors (Lipinski definition) is 15. The number of aliphatic hydroxyl groups excluding tert-OH is 1. The Labute approximate surface area is 481 Å². The van der Waals surface area contributed by atoms with Gasteiger partial charge in [-0.3, -0.25) is 52.7 Å². The second-order valence-corrected chi connectivity index (χ2v) is 22.4. The van der Waals surface area contributed by atoms with E-state index in [-0.39, 0.29) is 74.0 Å². The van der Waals surface area contributed by atoms with Crippen LogP contribution in [0.5, 0.6) is 11.5 Å². The van der Waals surface area contributed by atoms with Crippen molar-refractivity contribution in [1.82, 2.24) is 47.9 Å². The summed E-state index contributed by atoms with van der Waals surface area (Å²) in [4.78, 5) is 151. The van der Waals surface area contributed by atoms with Crippen LogP contribution in [0.2, 0.25) is 0 Å². The Morgan fingerprint density at radius 1 is 0.622 bits per heavy atom. The molecule has 4 rings (SSSR count). The van der Waals surface area contributed by atoms with E-state index in [4.69, 9.17) is 11.5 Å². The molecule has 28 heteroatoms. The minimum atomic E-state index is -1.96. The first kappa shape index (κ1) is 66.6. The van der Waals surface area contributed by atoms with Crippen LogP contribution in [0.25, 0.3) is 0 Å². The van der Waals surface area contributed by atoms with Crippen molar-refractivity contribution in [2.75, 3.05) is 24.7 Å². The molecule has 0 saturated carbocycles. The third-order valence-electron chi connectivity index (χ3n) is 12.6. The predicted octanol–water partition coefficient (Wildman–Crippen LogP) is -1.97. The van der Waals surface area contributed by atoms with E-state index in [1.807, 2.05) is 13.8 Å². The zero-order chi connectivity index (χ0) is 60.5. The quantitative estimate of drug-likeness (QED) is 0.0323. The van der Waals surface area contributed by atoms with Gasteiger partial charge in [-0.15, -0.1) is 0 Å². The number of rotatable bonds is 25. The largest absolute Gasteiger partial charge is 0.508 e. The van der Waals surface area contributed by atoms with E-state index in [1.165, 1.54) is 55.5 Å². The highest BCUT2D eigenvalue weighted by molar-refractivity contribution is 8.76. The standard InChI is InChI=1S/C54H73N11O15S2/c1-29(2)21-37(46(56)72)59-49(75)39(23-32-12-16-34(68)17-13-32)60-47(73)36(11-7-8-20-55)58-53(79)43-27-81-82-28-44(64-48(74)38(57-30(3)67)22-31-9-5-4-6-10-31)54(80)63-42(26-66)52(78)62-41(25-45(70)71)51(77)61-40(50(76)65-43)24-33-14-18-35(69)19-15-33/h4-6,9-10,12-19,29,36-44,66,68-69H,7-8,11,20-28,55H2,1-3H3,(H2,56,72)(H,57,67)(H,58,79)(H,59,75)(H,60,73)(H,61,77)(H,62,78)(H,63,80)(H,64,74)(H,65,76)(H,70,71)/t36-,37-,38-,39-,40-,41-,42-,43-,44-/m0/s1. The van der Waals surface area contributed by atoms with Gasteiger partial charge in [0.25, 0.3) is 0 Å². The fraction of sp³-hybridized carbons (Fsp3) is 0.463. The smallest absolute Gasteiger partial charge is 0.305 e. The molecular weight excluding hydrogens is 1110 g/mol. The molecule has 3 aromatic carbocycles. The number of aromatic hydroxyl groups is 2. The lowest BCUT2D eigenvalue weighted by molar-refractivity contribution is -0.141. The van der Waals surface area contributed by atoms with E-state index in [9.17, 15) is 73.2 Å². The Kier molecular flexibility index (Phi) is 27.4. The van der Waals surface area contributed by atoms with Crippen LogP contribution in [0, 0.1) is 5.92 Å². The third-order valence-corrected chi connectivity index (χ3v) is 15.0. The molecule has 10 amide bonds. The number of carboxylic acid groups (broad SMARTS) is 1. The second-order valence-electron chi connectivity index (χ2n) is 19.8. The van der Waals surface area contributed by atoms with Crippen molar-refractivity contribution in [1.29, 1.82) is 0 Å². The maximum atomic E-state index is 14.7. The van der Waals surface area contributed by atoms with E-state index in [0.717, 1.165) is 21.6 Å². The number of nitrogens with one attached hydrogen (secondary N) is 9. The number of carbonyl (C=O) groups excluding carboxylic acids is 10. The summed E-state index contributed by atoms with van der Waals surface area (Å²) >= 11 is 0. The van der Waals surface area contributed by atoms with Gasteiger partial charge in [0.15, 0.2) is 0 Å². The van der Waals surface area contributed by atoms with Gasteiger partial charge >= 0.3 is 5.97 Å². The summed E-state index contributed by atoms with van der Waals surface area (Å²) in [5, 5.41) is 62.8. The molecule has 1 aliphatic rings. The summed E-state index contributed by atoms with van der Waals surface area (Å²) in [6.45, 7) is 3.92. The van der Waals surface area contributed by atoms with Crippen LogP contribution < -0.4 is 59.3 Å². The lowest BCUT2D eigenvalue weighted by Gasteiger charge is -2.28. The van der Waals surface area contributed by atoms with E-state index in [0.29, 0.717) is 23.1 Å². The van der Waals surface area contributed by atoms with Crippen LogP contribution in [0.15, 0.2) is 78.9 Å². The van der Waals surface area contributed by atoms with Gasteiger partial charge in [0.1, 0.15) is 65.9 Å². The number of benzene rings is 3. The highest BCUT2D eigenvalue weighted by Crippen LogP contribution is 2.24. The molecule has 0 aliphatic carbocycles. The molecule has 1 aliphatic heterocycles. The topological polar surface area (TPSA) is 429 Å². The molecule has 0 aromatic heterocycles. The normalized spacial score (nSPS) is 19.7. The number of phenolic OH excluding ortho intramolecular Hbond substituents is 2. The summed E-state index contributed by atoms with van der Waals surface area (Å²) < 4.78 is 0. The van der Waals surface area contributed by atoms with E-state index in [2.05, 4.69) is 47.9 Å². The highest BCUT2D eigenvalue weighted by Gasteiger charge is 2.37. The van der Waals surface area contributed by atoms with Gasteiger partial charge in [-0.2, -0.15) is 0 Å². The van der Waals surface area contributed by atoms with Crippen molar-refractivity contribution < 1.29 is 73.2 Å². The van der Waals surface area contributed by atoms with Crippen molar-refractivity contribution in [3.05, 3.63) is 95.6 Å². The van der Waals surface area contributed by atoms with Crippen molar-refractivity contribution >= 4 is 86.6 Å². The van der Waals surface area contributed by atoms with Crippen molar-refractivity contribution in [2.45, 2.75) is 127 Å². The third kappa shape index (κ3) is 22.9. The van der Waals surface area contributed by atoms with Crippen LogP contribution in [0.3, 0.4) is 0 Å². The van der Waals surface area contributed by atoms with Gasteiger partial charge in [-0.05, 0) is 79.1 Å². The molecular formula is C54H73N11O15S2. The Morgan fingerprint density at radius 3 is 1.72 bits per heavy atom. The number of nitrogens with two attached hydrogens (primary N) is 2. The fourth-order valence-corrected chi connectivity index (χ4v) is 10.6. The van der Waals surface area contributed by atoms with Gasteiger partial charge in [0.05, 0.1) is 13.0 Å². The van der Waals surface area contributed by atoms with E-state index in [1.54, 1.807) is 30.3 Å². The molecule has 0 spiro atoms. The minimum absolute atomic E-state index is 0.0209. The monoisotopic (exact) mass is 1180 g/mol. The number of amides is 10. The maximum Gasteiger partial charge on any atom is 0.305 e. The molecule has 1 fully saturated rings. The number of unbranched alkanes of at least 4 members (excludes halogenated alkanes) is 1. The molecule has 1 heterocycles. The number of aliphatic carboxylic acids is 1. The Morgan fingerprint density at radius 2 is 1.15 bits per heavy atom. The average Bonchev–Trinajstić information content (AvgIpc) is 3.61. The minimum Gasteiger partial charge on any atom is -0.508 e. The number of primary amides is 1. The summed E-state index contributed by atoms with van der Waals surface area (Å²) in [6.07, 6.45) is -0.850. The van der Waals surface area contributed by atoms with Crippen molar-refractivity contribution in [2.24, 2.45) is 17.4 Å². The molecule has 82 heavy (non-hydrogen) atoms.